The van der Waals surface area contributed by atoms with E-state index in [1.165, 1.54) is 53.8 Å². The predicted molar refractivity (Wildman–Crippen MR) is 72.6 cm³/mol. The topological polar surface area (TPSA) is 15.8 Å². The Morgan fingerprint density at radius 3 is 2.53 bits per heavy atom. The van der Waals surface area contributed by atoms with E-state index in [9.17, 15) is 0 Å². The second kappa shape index (κ2) is 4.23. The molecule has 0 fully saturated rings. The Balaban J connectivity index is 2.13. The lowest BCUT2D eigenvalue weighted by molar-refractivity contribution is 0.677. The maximum Gasteiger partial charge on any atom is 0.0406 e. The molecule has 17 heavy (non-hydrogen) atoms. The zero-order valence-corrected chi connectivity index (χ0v) is 10.8. The first-order chi connectivity index (χ1) is 8.25. The maximum atomic E-state index is 5.95. The molecule has 0 radical (unpaired) electrons. The summed E-state index contributed by atoms with van der Waals surface area (Å²) in [5, 5.41) is 0.802. The fourth-order valence-corrected chi connectivity index (χ4v) is 2.97. The maximum absolute atomic E-state index is 5.95. The standard InChI is InChI=1S/C15H16ClN/c1-10-15(11-6-8-12(16)9-7-11)13-4-2-3-5-14(13)17-10/h6-9,17H,2-5H2,1H3. The molecule has 3 rings (SSSR count). The van der Waals surface area contributed by atoms with Crippen LogP contribution in [0.25, 0.3) is 11.1 Å². The minimum absolute atomic E-state index is 0.802. The van der Waals surface area contributed by atoms with Crippen LogP contribution in [-0.4, -0.2) is 4.98 Å². The minimum atomic E-state index is 0.802. The summed E-state index contributed by atoms with van der Waals surface area (Å²) in [4.78, 5) is 3.55. The SMILES string of the molecule is Cc1[nH]c2c(c1-c1ccc(Cl)cc1)CCCC2. The van der Waals surface area contributed by atoms with Crippen molar-refractivity contribution < 1.29 is 0 Å². The van der Waals surface area contributed by atoms with Gasteiger partial charge in [0.05, 0.1) is 0 Å². The van der Waals surface area contributed by atoms with Gasteiger partial charge in [-0.3, -0.25) is 0 Å². The summed E-state index contributed by atoms with van der Waals surface area (Å²) in [6.45, 7) is 2.17. The molecule has 1 aromatic heterocycles. The van der Waals surface area contributed by atoms with Crippen LogP contribution < -0.4 is 0 Å². The second-order valence-electron chi connectivity index (χ2n) is 4.80. The van der Waals surface area contributed by atoms with E-state index in [0.717, 1.165) is 5.02 Å². The average Bonchev–Trinajstić information content (AvgIpc) is 2.66. The van der Waals surface area contributed by atoms with Crippen molar-refractivity contribution >= 4 is 11.6 Å². The first kappa shape index (κ1) is 10.9. The van der Waals surface area contributed by atoms with Gasteiger partial charge >= 0.3 is 0 Å². The lowest BCUT2D eigenvalue weighted by atomic mass is 9.91. The number of aromatic nitrogens is 1. The van der Waals surface area contributed by atoms with Crippen LogP contribution in [0.2, 0.25) is 5.02 Å². The number of rotatable bonds is 1. The molecule has 1 aromatic carbocycles. The van der Waals surface area contributed by atoms with Gasteiger partial charge in [0.15, 0.2) is 0 Å². The smallest absolute Gasteiger partial charge is 0.0406 e. The first-order valence-corrected chi connectivity index (χ1v) is 6.60. The summed E-state index contributed by atoms with van der Waals surface area (Å²) >= 11 is 5.95. The van der Waals surface area contributed by atoms with E-state index in [1.807, 2.05) is 12.1 Å². The van der Waals surface area contributed by atoms with Crippen molar-refractivity contribution in [3.05, 3.63) is 46.2 Å². The zero-order valence-electron chi connectivity index (χ0n) is 10.0. The number of benzene rings is 1. The Morgan fingerprint density at radius 1 is 1.06 bits per heavy atom. The molecule has 1 aliphatic carbocycles. The van der Waals surface area contributed by atoms with E-state index in [4.69, 9.17) is 11.6 Å². The number of fused-ring (bicyclic) bond motifs is 1. The van der Waals surface area contributed by atoms with Gasteiger partial charge < -0.3 is 4.98 Å². The Hall–Kier alpha value is -1.21. The van der Waals surface area contributed by atoms with Gasteiger partial charge in [-0.25, -0.2) is 0 Å². The number of aryl methyl sites for hydroxylation is 2. The van der Waals surface area contributed by atoms with E-state index in [-0.39, 0.29) is 0 Å². The van der Waals surface area contributed by atoms with Crippen LogP contribution in [-0.2, 0) is 12.8 Å². The number of hydrogen-bond donors (Lipinski definition) is 1. The van der Waals surface area contributed by atoms with Crippen molar-refractivity contribution in [1.82, 2.24) is 4.98 Å². The summed E-state index contributed by atoms with van der Waals surface area (Å²) < 4.78 is 0. The van der Waals surface area contributed by atoms with E-state index in [2.05, 4.69) is 24.0 Å². The normalized spacial score (nSPS) is 14.7. The van der Waals surface area contributed by atoms with Crippen molar-refractivity contribution in [2.24, 2.45) is 0 Å². The first-order valence-electron chi connectivity index (χ1n) is 6.22. The Bertz CT molecular complexity index is 537. The van der Waals surface area contributed by atoms with Crippen molar-refractivity contribution in [3.8, 4) is 11.1 Å². The summed E-state index contributed by atoms with van der Waals surface area (Å²) in [5.74, 6) is 0. The van der Waals surface area contributed by atoms with Crippen molar-refractivity contribution in [1.29, 1.82) is 0 Å². The number of H-pyrrole nitrogens is 1. The molecular formula is C15H16ClN. The van der Waals surface area contributed by atoms with Gasteiger partial charge in [0, 0.05) is 22.0 Å². The van der Waals surface area contributed by atoms with Gasteiger partial charge in [-0.05, 0) is 55.9 Å². The van der Waals surface area contributed by atoms with Crippen molar-refractivity contribution in [2.45, 2.75) is 32.6 Å². The molecule has 1 nitrogen and oxygen atoms in total. The Kier molecular flexibility index (Phi) is 2.71. The van der Waals surface area contributed by atoms with Gasteiger partial charge in [0.1, 0.15) is 0 Å². The lowest BCUT2D eigenvalue weighted by Crippen LogP contribution is -2.01. The summed E-state index contributed by atoms with van der Waals surface area (Å²) in [6, 6.07) is 8.18. The van der Waals surface area contributed by atoms with E-state index >= 15 is 0 Å². The molecule has 0 spiro atoms. The molecule has 0 aliphatic heterocycles. The summed E-state index contributed by atoms with van der Waals surface area (Å²) in [6.07, 6.45) is 5.03. The van der Waals surface area contributed by atoms with Gasteiger partial charge in [0.25, 0.3) is 0 Å². The fraction of sp³-hybridized carbons (Fsp3) is 0.333. The zero-order chi connectivity index (χ0) is 11.8. The molecule has 1 N–H and O–H groups in total. The van der Waals surface area contributed by atoms with Gasteiger partial charge in [-0.1, -0.05) is 23.7 Å². The molecule has 0 saturated carbocycles. The number of hydrogen-bond acceptors (Lipinski definition) is 0. The monoisotopic (exact) mass is 245 g/mol. The Morgan fingerprint density at radius 2 is 1.76 bits per heavy atom. The van der Waals surface area contributed by atoms with Crippen LogP contribution in [0.5, 0.6) is 0 Å². The second-order valence-corrected chi connectivity index (χ2v) is 5.23. The highest BCUT2D eigenvalue weighted by Gasteiger charge is 2.18. The number of aromatic amines is 1. The minimum Gasteiger partial charge on any atom is -0.362 e. The highest BCUT2D eigenvalue weighted by atomic mass is 35.5. The third kappa shape index (κ3) is 1.89. The molecule has 0 saturated heterocycles. The van der Waals surface area contributed by atoms with Crippen LogP contribution in [0.15, 0.2) is 24.3 Å². The molecule has 0 bridgehead atoms. The summed E-state index contributed by atoms with van der Waals surface area (Å²) in [7, 11) is 0. The van der Waals surface area contributed by atoms with E-state index < -0.39 is 0 Å². The predicted octanol–water partition coefficient (Wildman–Crippen LogP) is 4.52. The molecule has 0 amide bonds. The van der Waals surface area contributed by atoms with Gasteiger partial charge in [-0.2, -0.15) is 0 Å². The molecule has 2 aromatic rings. The van der Waals surface area contributed by atoms with Crippen LogP contribution >= 0.6 is 11.6 Å². The quantitative estimate of drug-likeness (QED) is 0.760. The van der Waals surface area contributed by atoms with E-state index in [1.54, 1.807) is 0 Å². The molecular weight excluding hydrogens is 230 g/mol. The van der Waals surface area contributed by atoms with Crippen LogP contribution in [0, 0.1) is 6.92 Å². The molecule has 1 aliphatic rings. The van der Waals surface area contributed by atoms with Crippen LogP contribution in [0.4, 0.5) is 0 Å². The fourth-order valence-electron chi connectivity index (χ4n) is 2.84. The lowest BCUT2D eigenvalue weighted by Gasteiger charge is -2.13. The van der Waals surface area contributed by atoms with Gasteiger partial charge in [-0.15, -0.1) is 0 Å². The summed E-state index contributed by atoms with van der Waals surface area (Å²) in [5.41, 5.74) is 6.94. The van der Waals surface area contributed by atoms with Crippen LogP contribution in [0.1, 0.15) is 29.8 Å². The number of halogens is 1. The third-order valence-corrected chi connectivity index (χ3v) is 3.87. The third-order valence-electron chi connectivity index (χ3n) is 3.62. The average molecular weight is 246 g/mol. The molecule has 88 valence electrons. The highest BCUT2D eigenvalue weighted by molar-refractivity contribution is 6.30. The highest BCUT2D eigenvalue weighted by Crippen LogP contribution is 2.34. The molecule has 1 heterocycles. The Labute approximate surface area is 107 Å². The van der Waals surface area contributed by atoms with Crippen molar-refractivity contribution in [2.75, 3.05) is 0 Å². The number of nitrogens with one attached hydrogen (secondary N) is 1. The van der Waals surface area contributed by atoms with Crippen molar-refractivity contribution in [3.63, 3.8) is 0 Å². The van der Waals surface area contributed by atoms with E-state index in [0.29, 0.717) is 0 Å². The molecule has 0 unspecified atom stereocenters. The van der Waals surface area contributed by atoms with Crippen LogP contribution in [0.3, 0.4) is 0 Å². The largest absolute Gasteiger partial charge is 0.362 e. The molecule has 2 heteroatoms. The molecule has 0 atom stereocenters. The van der Waals surface area contributed by atoms with Gasteiger partial charge in [0.2, 0.25) is 0 Å².